The molecule has 0 N–H and O–H groups in total. The molecule has 0 saturated carbocycles. The number of fused-ring (bicyclic) bond motifs is 5. The fraction of sp³-hybridized carbons (Fsp3) is 0. The van der Waals surface area contributed by atoms with Crippen molar-refractivity contribution in [3.05, 3.63) is 182 Å². The largest absolute Gasteiger partial charge is 0.256 e. The fourth-order valence-corrected chi connectivity index (χ4v) is 7.43. The molecule has 10 aromatic rings. The van der Waals surface area contributed by atoms with E-state index in [9.17, 15) is 0 Å². The summed E-state index contributed by atoms with van der Waals surface area (Å²) in [5, 5.41) is 11.0. The van der Waals surface area contributed by atoms with Crippen molar-refractivity contribution in [2.75, 3.05) is 0 Å². The highest BCUT2D eigenvalue weighted by atomic mass is 14.7. The van der Waals surface area contributed by atoms with Crippen molar-refractivity contribution < 1.29 is 0 Å². The maximum atomic E-state index is 4.87. The Morgan fingerprint density at radius 3 is 1.42 bits per heavy atom. The number of nitrogens with zero attached hydrogens (tertiary/aromatic N) is 2. The number of rotatable bonds is 4. The second kappa shape index (κ2) is 11.5. The van der Waals surface area contributed by atoms with Crippen molar-refractivity contribution in [1.82, 2.24) is 9.97 Å². The number of pyridine rings is 2. The first-order valence-electron chi connectivity index (χ1n) is 17.0. The summed E-state index contributed by atoms with van der Waals surface area (Å²) in [6, 6.07) is 61.5. The van der Waals surface area contributed by atoms with Gasteiger partial charge in [-0.15, -0.1) is 0 Å². The summed E-state index contributed by atoms with van der Waals surface area (Å²) in [7, 11) is 0. The molecule has 232 valence electrons. The minimum atomic E-state index is 0.917. The molecule has 0 saturated heterocycles. The summed E-state index contributed by atoms with van der Waals surface area (Å²) in [4.78, 5) is 9.51. The van der Waals surface area contributed by atoms with Gasteiger partial charge >= 0.3 is 0 Å². The molecule has 2 nitrogen and oxygen atoms in total. The van der Waals surface area contributed by atoms with Crippen molar-refractivity contribution in [2.45, 2.75) is 0 Å². The van der Waals surface area contributed by atoms with E-state index in [0.29, 0.717) is 0 Å². The zero-order valence-electron chi connectivity index (χ0n) is 27.2. The molecule has 10 rings (SSSR count). The van der Waals surface area contributed by atoms with E-state index in [0.717, 1.165) is 33.3 Å². The van der Waals surface area contributed by atoms with E-state index in [1.54, 1.807) is 0 Å². The van der Waals surface area contributed by atoms with E-state index in [-0.39, 0.29) is 0 Å². The van der Waals surface area contributed by atoms with Crippen LogP contribution in [0.2, 0.25) is 0 Å². The van der Waals surface area contributed by atoms with Crippen LogP contribution in [-0.4, -0.2) is 9.97 Å². The fourth-order valence-electron chi connectivity index (χ4n) is 7.43. The lowest BCUT2D eigenvalue weighted by Gasteiger charge is -2.15. The first kappa shape index (κ1) is 28.4. The van der Waals surface area contributed by atoms with E-state index in [1.807, 2.05) is 30.6 Å². The molecule has 0 unspecified atom stereocenters. The Morgan fingerprint density at radius 1 is 0.280 bits per heavy atom. The molecule has 2 aromatic heterocycles. The number of benzene rings is 8. The van der Waals surface area contributed by atoms with Gasteiger partial charge in [0, 0.05) is 28.9 Å². The lowest BCUT2D eigenvalue weighted by molar-refractivity contribution is 1.31. The van der Waals surface area contributed by atoms with Crippen LogP contribution in [0.25, 0.3) is 98.6 Å². The summed E-state index contributed by atoms with van der Waals surface area (Å²) in [6.07, 6.45) is 3.88. The van der Waals surface area contributed by atoms with Crippen LogP contribution in [0.4, 0.5) is 0 Å². The lowest BCUT2D eigenvalue weighted by atomic mass is 9.88. The smallest absolute Gasteiger partial charge is 0.0718 e. The SMILES string of the molecule is c1ccc2cc(-c3ccc(-c4ccc5ccccc5c4)c4cc5cc(-c6ccc(-c7cnc8ccccc8c7)nc6)ccc5cc34)ccc2c1. The number of para-hydroxylation sites is 1. The Balaban J connectivity index is 1.11. The maximum Gasteiger partial charge on any atom is 0.0718 e. The van der Waals surface area contributed by atoms with Gasteiger partial charge in [-0.05, 0) is 119 Å². The van der Waals surface area contributed by atoms with Gasteiger partial charge in [0.25, 0.3) is 0 Å². The van der Waals surface area contributed by atoms with Crippen LogP contribution >= 0.6 is 0 Å². The summed E-state index contributed by atoms with van der Waals surface area (Å²) in [5.74, 6) is 0. The molecule has 0 bridgehead atoms. The van der Waals surface area contributed by atoms with Crippen LogP contribution in [0.15, 0.2) is 182 Å². The van der Waals surface area contributed by atoms with Gasteiger partial charge < -0.3 is 0 Å². The van der Waals surface area contributed by atoms with Crippen molar-refractivity contribution in [1.29, 1.82) is 0 Å². The zero-order valence-corrected chi connectivity index (χ0v) is 27.2. The van der Waals surface area contributed by atoms with Crippen molar-refractivity contribution in [2.24, 2.45) is 0 Å². The summed E-state index contributed by atoms with van der Waals surface area (Å²) in [5.41, 5.74) is 10.1. The predicted molar refractivity (Wildman–Crippen MR) is 211 cm³/mol. The van der Waals surface area contributed by atoms with E-state index < -0.39 is 0 Å². The lowest BCUT2D eigenvalue weighted by Crippen LogP contribution is -1.89. The first-order valence-corrected chi connectivity index (χ1v) is 17.0. The number of hydrogen-bond donors (Lipinski definition) is 0. The van der Waals surface area contributed by atoms with Gasteiger partial charge in [-0.1, -0.05) is 121 Å². The highest BCUT2D eigenvalue weighted by Crippen LogP contribution is 2.40. The van der Waals surface area contributed by atoms with Gasteiger partial charge in [0.1, 0.15) is 0 Å². The topological polar surface area (TPSA) is 25.8 Å². The molecule has 0 aliphatic carbocycles. The maximum absolute atomic E-state index is 4.87. The molecule has 0 aliphatic rings. The average Bonchev–Trinajstić information content (AvgIpc) is 3.19. The molecule has 0 spiro atoms. The van der Waals surface area contributed by atoms with Crippen molar-refractivity contribution in [3.8, 4) is 44.6 Å². The summed E-state index contributed by atoms with van der Waals surface area (Å²) < 4.78 is 0. The van der Waals surface area contributed by atoms with E-state index in [4.69, 9.17) is 4.98 Å². The zero-order chi connectivity index (χ0) is 33.0. The van der Waals surface area contributed by atoms with Crippen LogP contribution < -0.4 is 0 Å². The summed E-state index contributed by atoms with van der Waals surface area (Å²) >= 11 is 0. The Morgan fingerprint density at radius 2 is 0.760 bits per heavy atom. The van der Waals surface area contributed by atoms with Gasteiger partial charge in [0.2, 0.25) is 0 Å². The molecular formula is C48H30N2. The van der Waals surface area contributed by atoms with Crippen LogP contribution in [0.3, 0.4) is 0 Å². The summed E-state index contributed by atoms with van der Waals surface area (Å²) in [6.45, 7) is 0. The molecule has 8 aromatic carbocycles. The molecular weight excluding hydrogens is 605 g/mol. The van der Waals surface area contributed by atoms with Crippen LogP contribution in [0, 0.1) is 0 Å². The molecule has 0 amide bonds. The number of hydrogen-bond acceptors (Lipinski definition) is 2. The van der Waals surface area contributed by atoms with Crippen LogP contribution in [0.5, 0.6) is 0 Å². The molecule has 2 heteroatoms. The third kappa shape index (κ3) is 4.89. The Hall–Kier alpha value is -6.64. The van der Waals surface area contributed by atoms with Gasteiger partial charge in [-0.3, -0.25) is 9.97 Å². The molecule has 0 radical (unpaired) electrons. The minimum Gasteiger partial charge on any atom is -0.256 e. The Bertz CT molecular complexity index is 2920. The third-order valence-electron chi connectivity index (χ3n) is 10.1. The highest BCUT2D eigenvalue weighted by Gasteiger charge is 2.13. The van der Waals surface area contributed by atoms with Crippen molar-refractivity contribution in [3.63, 3.8) is 0 Å². The Kier molecular flexibility index (Phi) is 6.53. The predicted octanol–water partition coefficient (Wildman–Crippen LogP) is 12.9. The first-order chi connectivity index (χ1) is 24.7. The average molecular weight is 635 g/mol. The monoisotopic (exact) mass is 634 g/mol. The molecule has 50 heavy (non-hydrogen) atoms. The third-order valence-corrected chi connectivity index (χ3v) is 10.1. The normalized spacial score (nSPS) is 11.6. The van der Waals surface area contributed by atoms with E-state index >= 15 is 0 Å². The highest BCUT2D eigenvalue weighted by molar-refractivity contribution is 6.12. The second-order valence-corrected chi connectivity index (χ2v) is 13.1. The van der Waals surface area contributed by atoms with Gasteiger partial charge in [-0.2, -0.15) is 0 Å². The molecule has 2 heterocycles. The molecule has 0 atom stereocenters. The minimum absolute atomic E-state index is 0.917. The van der Waals surface area contributed by atoms with Crippen molar-refractivity contribution >= 4 is 54.0 Å². The van der Waals surface area contributed by atoms with Crippen LogP contribution in [-0.2, 0) is 0 Å². The number of aromatic nitrogens is 2. The van der Waals surface area contributed by atoms with Gasteiger partial charge in [0.15, 0.2) is 0 Å². The van der Waals surface area contributed by atoms with E-state index in [2.05, 4.69) is 157 Å². The van der Waals surface area contributed by atoms with Gasteiger partial charge in [-0.25, -0.2) is 0 Å². The standard InChI is InChI=1S/C48H30N2/c1-3-9-33-23-37(17-13-31(33)7-1)43-20-21-44(38-18-14-32-8-2-4-10-34(32)24-38)46-28-41-25-35(15-16-36(41)27-45(43)46)40-19-22-48(49-29-40)42-26-39-11-5-6-12-47(39)50-30-42/h1-30H. The molecule has 0 aliphatic heterocycles. The van der Waals surface area contributed by atoms with E-state index in [1.165, 1.54) is 65.3 Å². The molecule has 0 fully saturated rings. The Labute approximate surface area is 290 Å². The quantitative estimate of drug-likeness (QED) is 0.180. The van der Waals surface area contributed by atoms with Crippen LogP contribution in [0.1, 0.15) is 0 Å². The second-order valence-electron chi connectivity index (χ2n) is 13.1. The van der Waals surface area contributed by atoms with Gasteiger partial charge in [0.05, 0.1) is 11.2 Å².